The first-order valence-electron chi connectivity index (χ1n) is 7.91. The molecule has 0 spiro atoms. The highest BCUT2D eigenvalue weighted by molar-refractivity contribution is 9.10. The molecule has 1 aromatic heterocycles. The second kappa shape index (κ2) is 7.63. The number of aliphatic imine (C=N–C) groups is 1. The predicted molar refractivity (Wildman–Crippen MR) is 101 cm³/mol. The number of nitrogens with zero attached hydrogens (tertiary/aromatic N) is 2. The van der Waals surface area contributed by atoms with Gasteiger partial charge >= 0.3 is 0 Å². The number of carbonyl (C=O) groups excluding carboxylic acids is 1. The molecule has 1 atom stereocenters. The van der Waals surface area contributed by atoms with Gasteiger partial charge in [0.2, 0.25) is 0 Å². The van der Waals surface area contributed by atoms with Gasteiger partial charge in [-0.2, -0.15) is 0 Å². The van der Waals surface area contributed by atoms with Crippen LogP contribution in [0.4, 0.5) is 18.9 Å². The number of amidine groups is 1. The number of aromatic nitrogens is 1. The highest BCUT2D eigenvalue weighted by Gasteiger charge is 2.47. The third-order valence-corrected chi connectivity index (χ3v) is 4.55. The van der Waals surface area contributed by atoms with E-state index in [4.69, 9.17) is 10.5 Å². The minimum absolute atomic E-state index is 0.0672. The fourth-order valence-electron chi connectivity index (χ4n) is 2.59. The van der Waals surface area contributed by atoms with Crippen LogP contribution in [-0.4, -0.2) is 29.8 Å². The molecule has 1 aliphatic heterocycles. The minimum atomic E-state index is -3.12. The van der Waals surface area contributed by atoms with E-state index in [2.05, 4.69) is 37.8 Å². The molecular formula is C18H14BrF3N4O2. The van der Waals surface area contributed by atoms with Crippen molar-refractivity contribution in [3.63, 3.8) is 0 Å². The second-order valence-corrected chi connectivity index (χ2v) is 6.86. The average Bonchev–Trinajstić information content (AvgIpc) is 2.66. The molecule has 28 heavy (non-hydrogen) atoms. The molecule has 1 aliphatic rings. The van der Waals surface area contributed by atoms with E-state index in [1.165, 1.54) is 18.3 Å². The number of ether oxygens (including phenoxy) is 1. The maximum absolute atomic E-state index is 14.4. The van der Waals surface area contributed by atoms with Crippen molar-refractivity contribution in [1.82, 2.24) is 4.98 Å². The summed E-state index contributed by atoms with van der Waals surface area (Å²) in [5.41, 5.74) is 2.94. The van der Waals surface area contributed by atoms with Crippen molar-refractivity contribution < 1.29 is 22.7 Å². The molecule has 1 amide bonds. The van der Waals surface area contributed by atoms with Crippen LogP contribution in [0.15, 0.2) is 58.3 Å². The van der Waals surface area contributed by atoms with Crippen LogP contribution in [-0.2, 0) is 10.3 Å². The molecule has 0 radical (unpaired) electrons. The number of hydrogen-bond acceptors (Lipinski definition) is 5. The third kappa shape index (κ3) is 3.72. The number of hydrogen-bond donors (Lipinski definition) is 2. The molecule has 146 valence electrons. The summed E-state index contributed by atoms with van der Waals surface area (Å²) < 4.78 is 48.0. The number of benzene rings is 1. The first kappa shape index (κ1) is 19.9. The Labute approximate surface area is 166 Å². The quantitative estimate of drug-likeness (QED) is 0.738. The summed E-state index contributed by atoms with van der Waals surface area (Å²) in [6.07, 6.45) is -1.69. The van der Waals surface area contributed by atoms with E-state index in [1.54, 1.807) is 6.07 Å². The Morgan fingerprint density at radius 2 is 2.11 bits per heavy atom. The Balaban J connectivity index is 1.98. The standard InChI is InChI=1S/C18H14BrF3N4O2/c1-9-15(23)26-18(8-28-9,17(21)22)12-6-11(3-4-13(12)20)25-16(27)14-5-2-10(19)7-24-14/h2-7,17H,1,8H2,(H2,23,26)(H,25,27). The topological polar surface area (TPSA) is 89.6 Å². The summed E-state index contributed by atoms with van der Waals surface area (Å²) in [6, 6.07) is 6.36. The van der Waals surface area contributed by atoms with Crippen LogP contribution in [0.3, 0.4) is 0 Å². The van der Waals surface area contributed by atoms with Crippen LogP contribution in [0.1, 0.15) is 16.1 Å². The van der Waals surface area contributed by atoms with Gasteiger partial charge in [0, 0.05) is 21.9 Å². The van der Waals surface area contributed by atoms with Gasteiger partial charge in [0.15, 0.2) is 17.1 Å². The van der Waals surface area contributed by atoms with Gasteiger partial charge < -0.3 is 15.8 Å². The lowest BCUT2D eigenvalue weighted by molar-refractivity contribution is 0.000966. The van der Waals surface area contributed by atoms with Gasteiger partial charge in [-0.3, -0.25) is 4.79 Å². The number of pyridine rings is 1. The van der Waals surface area contributed by atoms with Crippen LogP contribution in [0.5, 0.6) is 0 Å². The summed E-state index contributed by atoms with van der Waals surface area (Å²) in [5, 5.41) is 2.49. The maximum Gasteiger partial charge on any atom is 0.274 e. The predicted octanol–water partition coefficient (Wildman–Crippen LogP) is 3.60. The lowest BCUT2D eigenvalue weighted by Crippen LogP contribution is -2.44. The van der Waals surface area contributed by atoms with E-state index in [0.29, 0.717) is 4.47 Å². The third-order valence-electron chi connectivity index (χ3n) is 4.08. The van der Waals surface area contributed by atoms with Crippen molar-refractivity contribution in [2.45, 2.75) is 12.0 Å². The summed E-state index contributed by atoms with van der Waals surface area (Å²) in [7, 11) is 0. The maximum atomic E-state index is 14.4. The largest absolute Gasteiger partial charge is 0.487 e. The van der Waals surface area contributed by atoms with Crippen LogP contribution in [0, 0.1) is 5.82 Å². The van der Waals surface area contributed by atoms with Gasteiger partial charge in [0.1, 0.15) is 18.1 Å². The van der Waals surface area contributed by atoms with Crippen LogP contribution in [0.25, 0.3) is 0 Å². The van der Waals surface area contributed by atoms with E-state index in [0.717, 1.165) is 12.1 Å². The number of anilines is 1. The number of nitrogens with two attached hydrogens (primary N) is 1. The molecule has 0 aliphatic carbocycles. The molecule has 2 aromatic rings. The number of amides is 1. The molecule has 0 saturated heterocycles. The van der Waals surface area contributed by atoms with Crippen molar-refractivity contribution in [1.29, 1.82) is 0 Å². The first-order valence-corrected chi connectivity index (χ1v) is 8.71. The number of alkyl halides is 2. The van der Waals surface area contributed by atoms with E-state index >= 15 is 0 Å². The number of halogens is 4. The Kier molecular flexibility index (Phi) is 5.41. The lowest BCUT2D eigenvalue weighted by atomic mass is 9.89. The molecule has 0 fully saturated rings. The molecular weight excluding hydrogens is 441 g/mol. The summed E-state index contributed by atoms with van der Waals surface area (Å²) in [6.45, 7) is 2.80. The fourth-order valence-corrected chi connectivity index (χ4v) is 2.82. The zero-order valence-corrected chi connectivity index (χ0v) is 15.8. The van der Waals surface area contributed by atoms with Crippen LogP contribution in [0.2, 0.25) is 0 Å². The number of carbonyl (C=O) groups is 1. The Hall–Kier alpha value is -2.88. The Morgan fingerprint density at radius 1 is 1.36 bits per heavy atom. The molecule has 2 heterocycles. The van der Waals surface area contributed by atoms with Crippen molar-refractivity contribution in [3.8, 4) is 0 Å². The van der Waals surface area contributed by atoms with Crippen LogP contribution < -0.4 is 11.1 Å². The van der Waals surface area contributed by atoms with Gasteiger partial charge in [-0.25, -0.2) is 23.1 Å². The first-order chi connectivity index (χ1) is 13.2. The molecule has 1 unspecified atom stereocenters. The van der Waals surface area contributed by atoms with E-state index in [-0.39, 0.29) is 23.0 Å². The summed E-state index contributed by atoms with van der Waals surface area (Å²) >= 11 is 3.20. The zero-order chi connectivity index (χ0) is 20.5. The minimum Gasteiger partial charge on any atom is -0.487 e. The van der Waals surface area contributed by atoms with Crippen molar-refractivity contribution in [2.75, 3.05) is 11.9 Å². The van der Waals surface area contributed by atoms with Gasteiger partial charge in [-0.1, -0.05) is 6.58 Å². The van der Waals surface area contributed by atoms with Gasteiger partial charge in [0.05, 0.1) is 0 Å². The molecule has 3 N–H and O–H groups in total. The lowest BCUT2D eigenvalue weighted by Gasteiger charge is -2.34. The second-order valence-electron chi connectivity index (χ2n) is 5.94. The van der Waals surface area contributed by atoms with Crippen molar-refractivity contribution in [3.05, 3.63) is 70.4 Å². The van der Waals surface area contributed by atoms with Gasteiger partial charge in [-0.05, 0) is 46.3 Å². The fraction of sp³-hybridized carbons (Fsp3) is 0.167. The molecule has 1 aromatic carbocycles. The monoisotopic (exact) mass is 454 g/mol. The van der Waals surface area contributed by atoms with Crippen LogP contribution >= 0.6 is 15.9 Å². The number of rotatable bonds is 4. The highest BCUT2D eigenvalue weighted by Crippen LogP contribution is 2.39. The normalized spacial score (nSPS) is 19.2. The average molecular weight is 455 g/mol. The molecule has 6 nitrogen and oxygen atoms in total. The van der Waals surface area contributed by atoms with E-state index in [1.807, 2.05) is 0 Å². The Morgan fingerprint density at radius 3 is 2.71 bits per heavy atom. The SMILES string of the molecule is C=C1OCC(c2cc(NC(=O)c3ccc(Br)cn3)ccc2F)(C(F)F)N=C1N. The highest BCUT2D eigenvalue weighted by atomic mass is 79.9. The smallest absolute Gasteiger partial charge is 0.274 e. The molecule has 10 heteroatoms. The molecule has 0 bridgehead atoms. The van der Waals surface area contributed by atoms with E-state index in [9.17, 15) is 18.0 Å². The zero-order valence-electron chi connectivity index (χ0n) is 14.3. The summed E-state index contributed by atoms with van der Waals surface area (Å²) in [5.74, 6) is -1.94. The molecule has 0 saturated carbocycles. The van der Waals surface area contributed by atoms with Gasteiger partial charge in [-0.15, -0.1) is 0 Å². The van der Waals surface area contributed by atoms with E-state index < -0.39 is 35.9 Å². The van der Waals surface area contributed by atoms with Gasteiger partial charge in [0.25, 0.3) is 12.3 Å². The number of nitrogens with one attached hydrogen (secondary N) is 1. The van der Waals surface area contributed by atoms with Crippen molar-refractivity contribution in [2.24, 2.45) is 10.7 Å². The Bertz CT molecular complexity index is 966. The molecule has 3 rings (SSSR count). The summed E-state index contributed by atoms with van der Waals surface area (Å²) in [4.78, 5) is 20.0. The van der Waals surface area contributed by atoms with Crippen molar-refractivity contribution >= 4 is 33.4 Å².